The third-order valence-electron chi connectivity index (χ3n) is 4.31. The second-order valence-electron chi connectivity index (χ2n) is 6.49. The van der Waals surface area contributed by atoms with Crippen molar-refractivity contribution in [1.82, 2.24) is 0 Å². The first-order chi connectivity index (χ1) is 12.1. The van der Waals surface area contributed by atoms with Crippen LogP contribution in [0.2, 0.25) is 8.87 Å². The molecule has 0 radical (unpaired) electrons. The maximum absolute atomic E-state index is 6.27. The van der Waals surface area contributed by atoms with Crippen molar-refractivity contribution in [1.29, 1.82) is 0 Å². The van der Waals surface area contributed by atoms with Gasteiger partial charge in [0.1, 0.15) is 0 Å². The maximum atomic E-state index is 6.27. The van der Waals surface area contributed by atoms with Crippen LogP contribution in [0.3, 0.4) is 0 Å². The molecule has 2 aliphatic heterocycles. The second kappa shape index (κ2) is 10.7. The summed E-state index contributed by atoms with van der Waals surface area (Å²) in [6.07, 6.45) is 13.3. The van der Waals surface area contributed by atoms with E-state index in [9.17, 15) is 0 Å². The van der Waals surface area contributed by atoms with Crippen LogP contribution < -0.4 is 0 Å². The molecule has 0 aromatic heterocycles. The summed E-state index contributed by atoms with van der Waals surface area (Å²) in [4.78, 5) is 0. The fraction of sp³-hybridized carbons (Fsp3) is 0.500. The van der Waals surface area contributed by atoms with E-state index in [0.29, 0.717) is 0 Å². The number of hydrogen-bond acceptors (Lipinski definition) is 0. The second-order valence-corrected chi connectivity index (χ2v) is 25.2. The molecule has 0 fully saturated rings. The van der Waals surface area contributed by atoms with E-state index < -0.39 is 16.1 Å². The van der Waals surface area contributed by atoms with E-state index in [1.54, 1.807) is 0 Å². The molecule has 0 aliphatic carbocycles. The molecule has 2 nitrogen and oxygen atoms in total. The Hall–Kier alpha value is -0.321. The summed E-state index contributed by atoms with van der Waals surface area (Å²) in [5.41, 5.74) is 4.51. The van der Waals surface area contributed by atoms with Gasteiger partial charge in [-0.1, -0.05) is 24.3 Å². The number of fused-ring (bicyclic) bond motifs is 3. The van der Waals surface area contributed by atoms with E-state index in [1.165, 1.54) is 36.8 Å². The molecule has 0 bridgehead atoms. The van der Waals surface area contributed by atoms with Crippen molar-refractivity contribution in [2.45, 2.75) is 48.4 Å². The first-order valence-electron chi connectivity index (χ1n) is 9.30. The Bertz CT molecular complexity index is 561. The summed E-state index contributed by atoms with van der Waals surface area (Å²) in [5, 5.41) is 8.98. The van der Waals surface area contributed by atoms with Gasteiger partial charge in [-0.05, 0) is 11.1 Å². The third-order valence-corrected chi connectivity index (χ3v) is 15.6. The summed E-state index contributed by atoms with van der Waals surface area (Å²) in [5.74, 6) is 0. The molecule has 0 atom stereocenters. The Morgan fingerprint density at radius 2 is 1.28 bits per heavy atom. The summed E-state index contributed by atoms with van der Waals surface area (Å²) in [6.45, 7) is 5.94. The van der Waals surface area contributed by atoms with E-state index in [0.717, 1.165) is 33.3 Å². The van der Waals surface area contributed by atoms with Crippen LogP contribution in [-0.2, 0) is 0 Å². The van der Waals surface area contributed by atoms with E-state index in [2.05, 4.69) is 60.9 Å². The molecule has 138 valence electrons. The van der Waals surface area contributed by atoms with Crippen molar-refractivity contribution < 1.29 is 0 Å². The molecule has 0 N–H and O–H groups in total. The first-order valence-corrected chi connectivity index (χ1v) is 20.6. The average molecular weight is 486 g/mol. The van der Waals surface area contributed by atoms with Crippen LogP contribution in [0.15, 0.2) is 24.3 Å². The fourth-order valence-electron chi connectivity index (χ4n) is 2.86. The van der Waals surface area contributed by atoms with Crippen LogP contribution in [0, 0.1) is 0 Å². The molecule has 2 aliphatic rings. The third kappa shape index (κ3) is 6.72. The Kier molecular flexibility index (Phi) is 9.01. The summed E-state index contributed by atoms with van der Waals surface area (Å²) >= 11 is -2.49. The molecule has 25 heavy (non-hydrogen) atoms. The molecule has 3 rings (SSSR count). The van der Waals surface area contributed by atoms with Crippen molar-refractivity contribution in [3.05, 3.63) is 46.0 Å². The van der Waals surface area contributed by atoms with Gasteiger partial charge in [0.05, 0.1) is 0 Å². The number of halogens is 2. The van der Waals surface area contributed by atoms with Gasteiger partial charge in [0.25, 0.3) is 0 Å². The fourth-order valence-corrected chi connectivity index (χ4v) is 12.1. The molecule has 0 saturated heterocycles. The van der Waals surface area contributed by atoms with Gasteiger partial charge >= 0.3 is 82.4 Å². The van der Waals surface area contributed by atoms with Crippen LogP contribution in [0.5, 0.6) is 0 Å². The quantitative estimate of drug-likeness (QED) is 0.363. The molecule has 2 heterocycles. The predicted molar refractivity (Wildman–Crippen MR) is 117 cm³/mol. The van der Waals surface area contributed by atoms with Gasteiger partial charge in [0.2, 0.25) is 0 Å². The normalized spacial score (nSPS) is 14.6. The van der Waals surface area contributed by atoms with Crippen LogP contribution in [0.4, 0.5) is 11.4 Å². The molecule has 0 saturated carbocycles. The van der Waals surface area contributed by atoms with Crippen LogP contribution >= 0.6 is 17.8 Å². The minimum absolute atomic E-state index is 0.780. The van der Waals surface area contributed by atoms with Crippen molar-refractivity contribution in [3.8, 4) is 0 Å². The summed E-state index contributed by atoms with van der Waals surface area (Å²) in [7, 11) is 12.5. The Morgan fingerprint density at radius 1 is 0.840 bits per heavy atom. The van der Waals surface area contributed by atoms with Crippen molar-refractivity contribution >= 4 is 57.5 Å². The van der Waals surface area contributed by atoms with Crippen LogP contribution in [0.25, 0.3) is 22.8 Å². The number of nitrogens with zero attached hydrogens (tertiary/aromatic N) is 2. The standard InChI is InChI=1S/C12H10N2.2C4H9.2ClH.Sn/c1-3-9-5-6-10-4-2-8-14-12(10)11(9)13-7-1;2*1-3-4-2;;;/h1-6H,7-8H2;2*1,3-4H2,2H3;2*1H;/q-2;;;;;+2/p-2. The van der Waals surface area contributed by atoms with Gasteiger partial charge in [0.15, 0.2) is 0 Å². The first kappa shape index (κ1) is 21.0. The topological polar surface area (TPSA) is 28.2 Å². The number of hydrogen-bond donors (Lipinski definition) is 0. The summed E-state index contributed by atoms with van der Waals surface area (Å²) < 4.78 is 2.29. The van der Waals surface area contributed by atoms with E-state index in [-0.39, 0.29) is 0 Å². The van der Waals surface area contributed by atoms with Crippen molar-refractivity contribution in [3.63, 3.8) is 0 Å². The van der Waals surface area contributed by atoms with Crippen molar-refractivity contribution in [2.24, 2.45) is 0 Å². The van der Waals surface area contributed by atoms with E-state index in [1.807, 2.05) is 0 Å². The van der Waals surface area contributed by atoms with Gasteiger partial charge in [-0.15, -0.1) is 36.6 Å². The molecule has 0 amide bonds. The summed E-state index contributed by atoms with van der Waals surface area (Å²) in [6, 6.07) is 4.22. The zero-order valence-electron chi connectivity index (χ0n) is 15.3. The minimum atomic E-state index is -2.49. The van der Waals surface area contributed by atoms with Gasteiger partial charge in [-0.25, -0.2) is 0 Å². The molecular weight excluding hydrogens is 458 g/mol. The Morgan fingerprint density at radius 3 is 1.68 bits per heavy atom. The molecule has 0 unspecified atom stereocenters. The Balaban J connectivity index is 0.000000188. The van der Waals surface area contributed by atoms with Gasteiger partial charge < -0.3 is 10.6 Å². The van der Waals surface area contributed by atoms with E-state index in [4.69, 9.17) is 17.8 Å². The van der Waals surface area contributed by atoms with Gasteiger partial charge in [-0.2, -0.15) is 0 Å². The molecule has 1 aromatic rings. The average Bonchev–Trinajstić information content (AvgIpc) is 2.65. The SMILES string of the molecule is C1=Cc2ccc3c(c2[N-]C1)[N-]CC=C3.CCC[CH2][Sn]([Cl])([Cl])[CH2]CCC. The number of benzene rings is 1. The Labute approximate surface area is 164 Å². The number of unbranched alkanes of at least 4 members (excludes halogenated alkanes) is 2. The van der Waals surface area contributed by atoms with Crippen LogP contribution in [-0.4, -0.2) is 29.2 Å². The van der Waals surface area contributed by atoms with Gasteiger partial charge in [0, 0.05) is 0 Å². The zero-order chi connectivity index (χ0) is 18.1. The molecule has 5 heteroatoms. The molecule has 0 spiro atoms. The molecule has 1 aromatic carbocycles. The van der Waals surface area contributed by atoms with E-state index >= 15 is 0 Å². The zero-order valence-corrected chi connectivity index (χ0v) is 19.6. The predicted octanol–water partition coefficient (Wildman–Crippen LogP) is 8.26. The van der Waals surface area contributed by atoms with Crippen molar-refractivity contribution in [2.75, 3.05) is 13.1 Å². The van der Waals surface area contributed by atoms with Gasteiger partial charge in [-0.3, -0.25) is 0 Å². The monoisotopic (exact) mass is 486 g/mol. The molecular formula is C20H28Cl2N2Sn-2. The van der Waals surface area contributed by atoms with Crippen LogP contribution in [0.1, 0.15) is 50.7 Å². The number of rotatable bonds is 6.